The minimum Gasteiger partial charge on any atom is -0.369 e. The van der Waals surface area contributed by atoms with Gasteiger partial charge >= 0.3 is 0 Å². The number of primary amides is 1. The van der Waals surface area contributed by atoms with Gasteiger partial charge in [0.2, 0.25) is 11.8 Å². The van der Waals surface area contributed by atoms with Crippen LogP contribution < -0.4 is 11.1 Å². The average Bonchev–Trinajstić information content (AvgIpc) is 2.54. The Morgan fingerprint density at radius 1 is 1.39 bits per heavy atom. The summed E-state index contributed by atoms with van der Waals surface area (Å²) in [5.74, 6) is -0.140. The molecule has 0 saturated carbocycles. The van der Waals surface area contributed by atoms with Gasteiger partial charge in [-0.1, -0.05) is 12.1 Å². The van der Waals surface area contributed by atoms with Crippen LogP contribution in [0.3, 0.4) is 0 Å². The first-order chi connectivity index (χ1) is 11.0. The summed E-state index contributed by atoms with van der Waals surface area (Å²) >= 11 is 1.53. The SMILES string of the molecule is CS[C@@H](C)C(=O)Nc1cccc(CN2CCC(C(N)=O)CC2)c1. The number of piperidine rings is 1. The third kappa shape index (κ3) is 5.25. The van der Waals surface area contributed by atoms with E-state index >= 15 is 0 Å². The van der Waals surface area contributed by atoms with Gasteiger partial charge in [0.15, 0.2) is 0 Å². The number of carbonyl (C=O) groups excluding carboxylic acids is 2. The maximum atomic E-state index is 12.0. The quantitative estimate of drug-likeness (QED) is 0.834. The summed E-state index contributed by atoms with van der Waals surface area (Å²) in [5.41, 5.74) is 7.37. The molecule has 0 spiro atoms. The maximum absolute atomic E-state index is 12.0. The standard InChI is InChI=1S/C17H25N3O2S/c1-12(23-2)17(22)19-15-5-3-4-13(10-15)11-20-8-6-14(7-9-20)16(18)21/h3-5,10,12,14H,6-9,11H2,1-2H3,(H2,18,21)(H,19,22)/t12-/m0/s1. The van der Waals surface area contributed by atoms with Crippen LogP contribution in [0.5, 0.6) is 0 Å². The fraction of sp³-hybridized carbons (Fsp3) is 0.529. The number of amides is 2. The van der Waals surface area contributed by atoms with Crippen LogP contribution in [0.25, 0.3) is 0 Å². The molecule has 0 unspecified atom stereocenters. The van der Waals surface area contributed by atoms with Crippen LogP contribution in [-0.2, 0) is 16.1 Å². The molecule has 1 aromatic rings. The lowest BCUT2D eigenvalue weighted by Gasteiger charge is -2.30. The number of thioether (sulfide) groups is 1. The van der Waals surface area contributed by atoms with E-state index in [9.17, 15) is 9.59 Å². The monoisotopic (exact) mass is 335 g/mol. The van der Waals surface area contributed by atoms with E-state index in [-0.39, 0.29) is 23.0 Å². The smallest absolute Gasteiger partial charge is 0.237 e. The van der Waals surface area contributed by atoms with E-state index in [0.717, 1.165) is 43.7 Å². The van der Waals surface area contributed by atoms with Crippen LogP contribution >= 0.6 is 11.8 Å². The Morgan fingerprint density at radius 2 is 2.09 bits per heavy atom. The summed E-state index contributed by atoms with van der Waals surface area (Å²) in [6.45, 7) is 4.49. The van der Waals surface area contributed by atoms with Gasteiger partial charge in [0.25, 0.3) is 0 Å². The highest BCUT2D eigenvalue weighted by Gasteiger charge is 2.23. The number of carbonyl (C=O) groups is 2. The van der Waals surface area contributed by atoms with Gasteiger partial charge in [0, 0.05) is 18.2 Å². The predicted molar refractivity (Wildman–Crippen MR) is 95.2 cm³/mol. The summed E-state index contributed by atoms with van der Waals surface area (Å²) in [6, 6.07) is 7.96. The molecule has 1 aliphatic heterocycles. The van der Waals surface area contributed by atoms with Crippen molar-refractivity contribution in [3.8, 4) is 0 Å². The highest BCUT2D eigenvalue weighted by atomic mass is 32.2. The van der Waals surface area contributed by atoms with E-state index in [1.165, 1.54) is 11.8 Å². The van der Waals surface area contributed by atoms with E-state index in [4.69, 9.17) is 5.73 Å². The molecule has 3 N–H and O–H groups in total. The summed E-state index contributed by atoms with van der Waals surface area (Å²) in [4.78, 5) is 25.5. The van der Waals surface area contributed by atoms with Crippen molar-refractivity contribution in [2.24, 2.45) is 11.7 Å². The number of benzene rings is 1. The molecule has 1 atom stereocenters. The Balaban J connectivity index is 1.90. The second kappa shape index (κ2) is 8.36. The molecular formula is C17H25N3O2S. The zero-order chi connectivity index (χ0) is 16.8. The van der Waals surface area contributed by atoms with Gasteiger partial charge in [-0.15, -0.1) is 0 Å². The van der Waals surface area contributed by atoms with Crippen molar-refractivity contribution in [2.45, 2.75) is 31.6 Å². The molecule has 2 amide bonds. The summed E-state index contributed by atoms with van der Waals surface area (Å²) in [7, 11) is 0. The Morgan fingerprint density at radius 3 is 2.70 bits per heavy atom. The van der Waals surface area contributed by atoms with Gasteiger partial charge in [-0.05, 0) is 56.8 Å². The molecule has 0 bridgehead atoms. The first kappa shape index (κ1) is 17.8. The molecule has 1 heterocycles. The number of rotatable bonds is 6. The number of likely N-dealkylation sites (tertiary alicyclic amines) is 1. The lowest BCUT2D eigenvalue weighted by molar-refractivity contribution is -0.123. The predicted octanol–water partition coefficient (Wildman–Crippen LogP) is 2.07. The van der Waals surface area contributed by atoms with E-state index in [0.29, 0.717) is 0 Å². The van der Waals surface area contributed by atoms with Crippen LogP contribution in [0.4, 0.5) is 5.69 Å². The highest BCUT2D eigenvalue weighted by Crippen LogP contribution is 2.20. The summed E-state index contributed by atoms with van der Waals surface area (Å²) < 4.78 is 0. The largest absolute Gasteiger partial charge is 0.369 e. The Bertz CT molecular complexity index is 557. The van der Waals surface area contributed by atoms with Gasteiger partial charge in [-0.25, -0.2) is 0 Å². The number of anilines is 1. The summed E-state index contributed by atoms with van der Waals surface area (Å²) in [6.07, 6.45) is 3.59. The molecule has 1 fully saturated rings. The van der Waals surface area contributed by atoms with Gasteiger partial charge < -0.3 is 11.1 Å². The molecule has 0 radical (unpaired) electrons. The van der Waals surface area contributed by atoms with E-state index in [1.807, 2.05) is 31.4 Å². The number of hydrogen-bond acceptors (Lipinski definition) is 4. The fourth-order valence-corrected chi connectivity index (χ4v) is 3.01. The third-order valence-electron chi connectivity index (χ3n) is 4.31. The second-order valence-corrected chi connectivity index (χ2v) is 7.20. The minimum atomic E-state index is -0.183. The molecule has 0 aliphatic carbocycles. The fourth-order valence-electron chi connectivity index (χ4n) is 2.73. The van der Waals surface area contributed by atoms with Crippen molar-refractivity contribution in [1.29, 1.82) is 0 Å². The van der Waals surface area contributed by atoms with Crippen LogP contribution in [0, 0.1) is 5.92 Å². The van der Waals surface area contributed by atoms with Crippen molar-refractivity contribution >= 4 is 29.3 Å². The Kier molecular flexibility index (Phi) is 6.47. The van der Waals surface area contributed by atoms with Crippen LogP contribution in [0.2, 0.25) is 0 Å². The topological polar surface area (TPSA) is 75.4 Å². The molecule has 5 nitrogen and oxygen atoms in total. The Hall–Kier alpha value is -1.53. The van der Waals surface area contributed by atoms with E-state index in [1.54, 1.807) is 0 Å². The molecule has 1 aliphatic rings. The van der Waals surface area contributed by atoms with Crippen molar-refractivity contribution in [1.82, 2.24) is 4.90 Å². The number of hydrogen-bond donors (Lipinski definition) is 2. The van der Waals surface area contributed by atoms with Crippen molar-refractivity contribution in [2.75, 3.05) is 24.7 Å². The van der Waals surface area contributed by atoms with Gasteiger partial charge in [0.05, 0.1) is 5.25 Å². The Labute approximate surface area is 142 Å². The van der Waals surface area contributed by atoms with Crippen molar-refractivity contribution in [3.05, 3.63) is 29.8 Å². The molecule has 0 aromatic heterocycles. The van der Waals surface area contributed by atoms with E-state index in [2.05, 4.69) is 16.3 Å². The first-order valence-corrected chi connectivity index (χ1v) is 9.22. The van der Waals surface area contributed by atoms with Gasteiger partial charge in [-0.3, -0.25) is 14.5 Å². The third-order valence-corrected chi connectivity index (χ3v) is 5.23. The molecule has 23 heavy (non-hydrogen) atoms. The van der Waals surface area contributed by atoms with Crippen LogP contribution in [-0.4, -0.2) is 41.3 Å². The number of nitrogens with zero attached hydrogens (tertiary/aromatic N) is 1. The molecule has 2 rings (SSSR count). The molecular weight excluding hydrogens is 310 g/mol. The molecule has 6 heteroatoms. The molecule has 1 aromatic carbocycles. The lowest BCUT2D eigenvalue weighted by atomic mass is 9.96. The second-order valence-electron chi connectivity index (χ2n) is 6.02. The lowest BCUT2D eigenvalue weighted by Crippen LogP contribution is -2.38. The molecule has 1 saturated heterocycles. The van der Waals surface area contributed by atoms with E-state index < -0.39 is 0 Å². The zero-order valence-corrected chi connectivity index (χ0v) is 14.6. The molecule has 126 valence electrons. The average molecular weight is 335 g/mol. The van der Waals surface area contributed by atoms with Crippen LogP contribution in [0.15, 0.2) is 24.3 Å². The maximum Gasteiger partial charge on any atom is 0.237 e. The summed E-state index contributed by atoms with van der Waals surface area (Å²) in [5, 5.41) is 2.89. The zero-order valence-electron chi connectivity index (χ0n) is 13.7. The minimum absolute atomic E-state index is 0.0184. The normalized spacial score (nSPS) is 17.7. The van der Waals surface area contributed by atoms with Crippen LogP contribution in [0.1, 0.15) is 25.3 Å². The number of nitrogens with two attached hydrogens (primary N) is 1. The van der Waals surface area contributed by atoms with Crippen molar-refractivity contribution in [3.63, 3.8) is 0 Å². The van der Waals surface area contributed by atoms with Gasteiger partial charge in [0.1, 0.15) is 0 Å². The van der Waals surface area contributed by atoms with Crippen molar-refractivity contribution < 1.29 is 9.59 Å². The highest BCUT2D eigenvalue weighted by molar-refractivity contribution is 7.99. The van der Waals surface area contributed by atoms with Gasteiger partial charge in [-0.2, -0.15) is 11.8 Å². The first-order valence-electron chi connectivity index (χ1n) is 7.94. The number of nitrogens with one attached hydrogen (secondary N) is 1.